The van der Waals surface area contributed by atoms with Crippen molar-refractivity contribution in [1.29, 1.82) is 0 Å². The number of ether oxygens (including phenoxy) is 2. The van der Waals surface area contributed by atoms with Crippen LogP contribution in [-0.4, -0.2) is 66.3 Å². The number of piperidine rings is 1. The van der Waals surface area contributed by atoms with Gasteiger partial charge in [0, 0.05) is 39.8 Å². The van der Waals surface area contributed by atoms with Gasteiger partial charge in [-0.25, -0.2) is 4.79 Å². The summed E-state index contributed by atoms with van der Waals surface area (Å²) in [6.07, 6.45) is 6.16. The van der Waals surface area contributed by atoms with Gasteiger partial charge < -0.3 is 19.3 Å². The normalized spacial score (nSPS) is 23.5. The molecular formula is C16H23N3O3. The molecule has 1 aromatic heterocycles. The van der Waals surface area contributed by atoms with Crippen molar-refractivity contribution in [1.82, 2.24) is 14.8 Å². The van der Waals surface area contributed by atoms with Crippen molar-refractivity contribution in [3.63, 3.8) is 0 Å². The predicted octanol–water partition coefficient (Wildman–Crippen LogP) is 1.77. The van der Waals surface area contributed by atoms with E-state index in [4.69, 9.17) is 9.47 Å². The van der Waals surface area contributed by atoms with Crippen LogP contribution in [0.1, 0.15) is 19.3 Å². The van der Waals surface area contributed by atoms with Crippen molar-refractivity contribution in [2.24, 2.45) is 0 Å². The maximum absolute atomic E-state index is 12.0. The van der Waals surface area contributed by atoms with E-state index in [2.05, 4.69) is 4.98 Å². The first kappa shape index (κ1) is 15.1. The Bertz CT molecular complexity index is 513. The number of nitrogens with zero attached hydrogens (tertiary/aromatic N) is 3. The van der Waals surface area contributed by atoms with Gasteiger partial charge in [0.15, 0.2) is 0 Å². The van der Waals surface area contributed by atoms with E-state index in [0.717, 1.165) is 38.1 Å². The molecule has 22 heavy (non-hydrogen) atoms. The highest BCUT2D eigenvalue weighted by atomic mass is 16.6. The van der Waals surface area contributed by atoms with Crippen LogP contribution in [0.5, 0.6) is 5.75 Å². The highest BCUT2D eigenvalue weighted by Crippen LogP contribution is 2.37. The van der Waals surface area contributed by atoms with E-state index in [9.17, 15) is 4.79 Å². The van der Waals surface area contributed by atoms with Crippen LogP contribution in [0.3, 0.4) is 0 Å². The van der Waals surface area contributed by atoms with E-state index in [-0.39, 0.29) is 17.7 Å². The Hall–Kier alpha value is -1.82. The number of carbonyl (C=O) groups excluding carboxylic acids is 1. The number of carbonyl (C=O) groups is 1. The Labute approximate surface area is 131 Å². The Kier molecular flexibility index (Phi) is 4.20. The van der Waals surface area contributed by atoms with Gasteiger partial charge in [-0.2, -0.15) is 0 Å². The summed E-state index contributed by atoms with van der Waals surface area (Å²) >= 11 is 0. The van der Waals surface area contributed by atoms with Gasteiger partial charge in [-0.3, -0.25) is 4.98 Å². The minimum Gasteiger partial charge on any atom is -0.486 e. The van der Waals surface area contributed by atoms with Crippen LogP contribution >= 0.6 is 0 Å². The lowest BCUT2D eigenvalue weighted by Crippen LogP contribution is -2.49. The van der Waals surface area contributed by atoms with Crippen molar-refractivity contribution < 1.29 is 14.3 Å². The minimum absolute atomic E-state index is 0.0697. The summed E-state index contributed by atoms with van der Waals surface area (Å²) in [5.74, 6) is 0.786. The lowest BCUT2D eigenvalue weighted by molar-refractivity contribution is -0.0384. The molecule has 0 aliphatic carbocycles. The third kappa shape index (κ3) is 3.16. The second-order valence-corrected chi connectivity index (χ2v) is 6.29. The number of rotatable bonds is 2. The van der Waals surface area contributed by atoms with Gasteiger partial charge >= 0.3 is 6.03 Å². The predicted molar refractivity (Wildman–Crippen MR) is 81.8 cm³/mol. The molecule has 3 rings (SSSR count). The molecule has 0 N–H and O–H groups in total. The summed E-state index contributed by atoms with van der Waals surface area (Å²) in [5.41, 5.74) is -0.129. The first-order valence-corrected chi connectivity index (χ1v) is 7.75. The number of urea groups is 1. The molecule has 3 heterocycles. The summed E-state index contributed by atoms with van der Waals surface area (Å²) in [6, 6.07) is 3.86. The topological polar surface area (TPSA) is 54.9 Å². The highest BCUT2D eigenvalue weighted by molar-refractivity contribution is 5.73. The number of aromatic nitrogens is 1. The van der Waals surface area contributed by atoms with Gasteiger partial charge in [-0.1, -0.05) is 0 Å². The SMILES string of the molecule is CN(C)C(=O)N1CCC2(CC1)C[C@@H](Oc1cccnc1)CO2. The van der Waals surface area contributed by atoms with Crippen molar-refractivity contribution in [2.75, 3.05) is 33.8 Å². The molecule has 120 valence electrons. The van der Waals surface area contributed by atoms with E-state index in [1.54, 1.807) is 31.4 Å². The Morgan fingerprint density at radius 1 is 1.45 bits per heavy atom. The molecule has 0 aromatic carbocycles. The third-order valence-electron chi connectivity index (χ3n) is 4.44. The first-order valence-electron chi connectivity index (χ1n) is 7.75. The maximum atomic E-state index is 12.0. The monoisotopic (exact) mass is 305 g/mol. The average molecular weight is 305 g/mol. The largest absolute Gasteiger partial charge is 0.486 e. The fourth-order valence-electron chi connectivity index (χ4n) is 3.22. The molecule has 1 aromatic rings. The van der Waals surface area contributed by atoms with Crippen LogP contribution in [-0.2, 0) is 4.74 Å². The van der Waals surface area contributed by atoms with Gasteiger partial charge in [0.2, 0.25) is 0 Å². The van der Waals surface area contributed by atoms with Crippen molar-refractivity contribution in [3.8, 4) is 5.75 Å². The minimum atomic E-state index is -0.129. The summed E-state index contributed by atoms with van der Waals surface area (Å²) in [4.78, 5) is 19.6. The Morgan fingerprint density at radius 2 is 2.23 bits per heavy atom. The lowest BCUT2D eigenvalue weighted by Gasteiger charge is -2.39. The van der Waals surface area contributed by atoms with Crippen LogP contribution in [0.4, 0.5) is 4.79 Å². The molecule has 2 aliphatic rings. The van der Waals surface area contributed by atoms with Gasteiger partial charge in [-0.15, -0.1) is 0 Å². The van der Waals surface area contributed by atoms with Crippen LogP contribution in [0.25, 0.3) is 0 Å². The number of hydrogen-bond donors (Lipinski definition) is 0. The molecule has 2 saturated heterocycles. The summed E-state index contributed by atoms with van der Waals surface area (Å²) < 4.78 is 12.0. The second-order valence-electron chi connectivity index (χ2n) is 6.29. The van der Waals surface area contributed by atoms with Crippen LogP contribution < -0.4 is 4.74 Å². The average Bonchev–Trinajstić information content (AvgIpc) is 2.91. The molecule has 6 nitrogen and oxygen atoms in total. The zero-order chi connectivity index (χ0) is 15.6. The number of hydrogen-bond acceptors (Lipinski definition) is 4. The smallest absolute Gasteiger partial charge is 0.319 e. The molecule has 0 bridgehead atoms. The van der Waals surface area contributed by atoms with E-state index < -0.39 is 0 Å². The quantitative estimate of drug-likeness (QED) is 0.835. The molecule has 0 radical (unpaired) electrons. The molecular weight excluding hydrogens is 282 g/mol. The molecule has 2 aliphatic heterocycles. The Balaban J connectivity index is 1.53. The zero-order valence-electron chi connectivity index (χ0n) is 13.2. The Morgan fingerprint density at radius 3 is 2.86 bits per heavy atom. The molecule has 1 spiro atoms. The van der Waals surface area contributed by atoms with E-state index in [0.29, 0.717) is 6.61 Å². The summed E-state index contributed by atoms with van der Waals surface area (Å²) in [6.45, 7) is 2.10. The van der Waals surface area contributed by atoms with Gasteiger partial charge in [0.05, 0.1) is 18.4 Å². The summed E-state index contributed by atoms with van der Waals surface area (Å²) in [5, 5.41) is 0. The van der Waals surface area contributed by atoms with Crippen molar-refractivity contribution >= 4 is 6.03 Å². The summed E-state index contributed by atoms with van der Waals surface area (Å²) in [7, 11) is 3.58. The molecule has 0 saturated carbocycles. The van der Waals surface area contributed by atoms with Gasteiger partial charge in [0.1, 0.15) is 11.9 Å². The van der Waals surface area contributed by atoms with Crippen LogP contribution in [0.15, 0.2) is 24.5 Å². The van der Waals surface area contributed by atoms with Crippen LogP contribution in [0, 0.1) is 0 Å². The number of pyridine rings is 1. The second kappa shape index (κ2) is 6.12. The van der Waals surface area contributed by atoms with E-state index >= 15 is 0 Å². The lowest BCUT2D eigenvalue weighted by atomic mass is 9.88. The number of likely N-dealkylation sites (tertiary alicyclic amines) is 1. The molecule has 2 amide bonds. The van der Waals surface area contributed by atoms with Crippen molar-refractivity contribution in [2.45, 2.75) is 31.0 Å². The van der Waals surface area contributed by atoms with Crippen molar-refractivity contribution in [3.05, 3.63) is 24.5 Å². The van der Waals surface area contributed by atoms with E-state index in [1.165, 1.54) is 0 Å². The molecule has 1 atom stereocenters. The van der Waals surface area contributed by atoms with Crippen LogP contribution in [0.2, 0.25) is 0 Å². The van der Waals surface area contributed by atoms with E-state index in [1.807, 2.05) is 17.0 Å². The molecule has 2 fully saturated rings. The zero-order valence-corrected chi connectivity index (χ0v) is 13.2. The van der Waals surface area contributed by atoms with Gasteiger partial charge in [-0.05, 0) is 25.0 Å². The highest BCUT2D eigenvalue weighted by Gasteiger charge is 2.44. The maximum Gasteiger partial charge on any atom is 0.319 e. The molecule has 6 heteroatoms. The number of amides is 2. The molecule has 0 unspecified atom stereocenters. The first-order chi connectivity index (χ1) is 10.6. The fraction of sp³-hybridized carbons (Fsp3) is 0.625. The fourth-order valence-corrected chi connectivity index (χ4v) is 3.22. The standard InChI is InChI=1S/C16H23N3O3/c1-18(2)15(20)19-8-5-16(6-9-19)10-14(12-21-16)22-13-4-3-7-17-11-13/h3-4,7,11,14H,5-6,8-10,12H2,1-2H3/t14-/m1/s1. The third-order valence-corrected chi connectivity index (χ3v) is 4.44. The van der Waals surface area contributed by atoms with Gasteiger partial charge in [0.25, 0.3) is 0 Å².